The Bertz CT molecular complexity index is 2050. The van der Waals surface area contributed by atoms with E-state index in [0.29, 0.717) is 24.8 Å². The van der Waals surface area contributed by atoms with Gasteiger partial charge in [0.25, 0.3) is 11.8 Å². The summed E-state index contributed by atoms with van der Waals surface area (Å²) in [5.74, 6) is -6.28. The molecule has 0 spiro atoms. The van der Waals surface area contributed by atoms with E-state index >= 15 is 0 Å². The van der Waals surface area contributed by atoms with Crippen molar-refractivity contribution in [2.75, 3.05) is 13.3 Å². The first-order valence-electron chi connectivity index (χ1n) is 18.8. The fourth-order valence-electron chi connectivity index (χ4n) is 6.14. The first-order chi connectivity index (χ1) is 27.9. The number of aromatic nitrogens is 1. The summed E-state index contributed by atoms with van der Waals surface area (Å²) in [6.07, 6.45) is 6.32. The van der Waals surface area contributed by atoms with E-state index in [2.05, 4.69) is 16.0 Å². The van der Waals surface area contributed by atoms with Crippen molar-refractivity contribution in [3.63, 3.8) is 0 Å². The third kappa shape index (κ3) is 13.3. The second kappa shape index (κ2) is 24.1. The van der Waals surface area contributed by atoms with E-state index in [1.165, 1.54) is 30.3 Å². The number of unbranched alkanes of at least 4 members (excludes halogenated alkanes) is 2. The molecule has 2 aromatic carbocycles. The van der Waals surface area contributed by atoms with Gasteiger partial charge < -0.3 is 57.0 Å². The van der Waals surface area contributed by atoms with Gasteiger partial charge in [0.1, 0.15) is 17.6 Å². The van der Waals surface area contributed by atoms with Crippen molar-refractivity contribution in [3.05, 3.63) is 96.0 Å². The van der Waals surface area contributed by atoms with Gasteiger partial charge in [0.05, 0.1) is 42.8 Å². The summed E-state index contributed by atoms with van der Waals surface area (Å²) in [5.41, 5.74) is 1.40. The quantitative estimate of drug-likeness (QED) is 0.0221. The number of hydroxylamine groups is 2. The van der Waals surface area contributed by atoms with E-state index in [1.807, 2.05) is 36.0 Å². The third-order valence-electron chi connectivity index (χ3n) is 9.10. The Kier molecular flexibility index (Phi) is 19.7. The van der Waals surface area contributed by atoms with Crippen LogP contribution in [0.3, 0.4) is 0 Å². The zero-order valence-corrected chi connectivity index (χ0v) is 33.8. The number of carbonyl (C=O) groups excluding carboxylic acids is 5. The predicted octanol–water partition coefficient (Wildman–Crippen LogP) is 5.13. The molecule has 4 amide bonds. The van der Waals surface area contributed by atoms with Crippen LogP contribution in [0.2, 0.25) is 0 Å². The second-order valence-electron chi connectivity index (χ2n) is 13.1. The molecule has 2 aromatic heterocycles. The summed E-state index contributed by atoms with van der Waals surface area (Å²) in [6, 6.07) is 15.1. The van der Waals surface area contributed by atoms with Crippen LogP contribution in [0.15, 0.2) is 83.5 Å². The van der Waals surface area contributed by atoms with Crippen molar-refractivity contribution in [1.82, 2.24) is 37.9 Å². The first kappa shape index (κ1) is 49.2. The molecule has 0 aliphatic rings. The number of hydrogen-bond acceptors (Lipinski definition) is 12. The van der Waals surface area contributed by atoms with E-state index < -0.39 is 60.1 Å². The van der Waals surface area contributed by atoms with Crippen LogP contribution in [0, 0.1) is 5.92 Å². The van der Waals surface area contributed by atoms with E-state index in [0.717, 1.165) is 23.6 Å². The average molecular weight is 836 g/mol. The molecule has 19 heteroatoms. The van der Waals surface area contributed by atoms with Gasteiger partial charge in [0.15, 0.2) is 5.76 Å². The van der Waals surface area contributed by atoms with Crippen LogP contribution < -0.4 is 33.0 Å². The monoisotopic (exact) mass is 835 g/mol. The minimum atomic E-state index is -1.67. The Balaban J connectivity index is 0.00000620. The molecule has 19 nitrogen and oxygen atoms in total. The number of carboxylic acids is 2. The normalized spacial score (nSPS) is 11.9. The lowest BCUT2D eigenvalue weighted by Crippen LogP contribution is -2.49. The Hall–Kier alpha value is -6.99. The maximum atomic E-state index is 13.6. The Labute approximate surface area is 346 Å². The summed E-state index contributed by atoms with van der Waals surface area (Å²) < 4.78 is 13.2. The smallest absolute Gasteiger partial charge is 0.363 e. The Morgan fingerprint density at radius 2 is 1.58 bits per heavy atom. The van der Waals surface area contributed by atoms with Gasteiger partial charge in [0, 0.05) is 23.6 Å². The van der Waals surface area contributed by atoms with Crippen molar-refractivity contribution in [2.24, 2.45) is 5.92 Å². The predicted molar refractivity (Wildman–Crippen MR) is 218 cm³/mol. The number of ether oxygens (including phenoxy) is 1. The second-order valence-corrected chi connectivity index (χ2v) is 13.1. The minimum absolute atomic E-state index is 0. The van der Waals surface area contributed by atoms with Gasteiger partial charge in [0.2, 0.25) is 12.3 Å². The highest BCUT2D eigenvalue weighted by molar-refractivity contribution is 6.00. The van der Waals surface area contributed by atoms with Gasteiger partial charge in [-0.1, -0.05) is 39.2 Å². The van der Waals surface area contributed by atoms with E-state index in [1.54, 1.807) is 38.1 Å². The summed E-state index contributed by atoms with van der Waals surface area (Å²) >= 11 is 0. The Morgan fingerprint density at radius 1 is 0.883 bits per heavy atom. The maximum Gasteiger partial charge on any atom is 0.363 e. The van der Waals surface area contributed by atoms with Crippen LogP contribution in [0.1, 0.15) is 90.6 Å². The van der Waals surface area contributed by atoms with E-state index in [4.69, 9.17) is 19.1 Å². The van der Waals surface area contributed by atoms with Crippen molar-refractivity contribution < 1.29 is 57.8 Å². The van der Waals surface area contributed by atoms with Crippen molar-refractivity contribution in [3.8, 4) is 22.8 Å². The topological polar surface area (TPSA) is 306 Å². The number of aliphatic carboxylic acids is 2. The van der Waals surface area contributed by atoms with Gasteiger partial charge in [-0.25, -0.2) is 9.59 Å². The molecular weight excluding hydrogens is 782 g/mol. The molecule has 4 aromatic rings. The van der Waals surface area contributed by atoms with Gasteiger partial charge in [-0.15, -0.1) is 0 Å². The molecule has 4 rings (SSSR count). The average Bonchev–Trinajstić information content (AvgIpc) is 3.94. The van der Waals surface area contributed by atoms with Crippen LogP contribution in [0.25, 0.3) is 17.0 Å². The maximum absolute atomic E-state index is 13.6. The lowest BCUT2D eigenvalue weighted by atomic mass is 9.90. The van der Waals surface area contributed by atoms with Crippen molar-refractivity contribution in [1.29, 1.82) is 0 Å². The standard InChI is InChI=1S/C41H47N5O12.2H3N/c1-4-7-8-11-29(32(5-2)46(25-47)58-41(55)26-12-15-28(16-13-26)45-20-9-10-21-45)37(50)42-24-43-39(52)34-19-18-33(57-34)27-14-17-30(35(22-27)56-6-3)38(51)44-31(40(53)54)23-36(48)49;;/h9-10,12-22,25,29,31-32H,4-8,11,23-24H2,1-3H3,(H,42,50)(H,43,52)(H,44,51)(H,48,49)(H,53,54);2*1H3/t29-,31+,32-;;/m1../s1. The number of carbonyl (C=O) groups is 7. The Morgan fingerprint density at radius 3 is 2.18 bits per heavy atom. The van der Waals surface area contributed by atoms with Gasteiger partial charge in [-0.05, 0) is 80.4 Å². The number of nitrogens with zero attached hydrogens (tertiary/aromatic N) is 2. The number of amides is 4. The molecule has 0 aliphatic carbocycles. The SMILES string of the molecule is CCCCC[C@@H](C(=O)NCNC(=O)c1ccc(-c2ccc(C(=O)N[C@@H](CC(=O)O)C(=O)O)c(OCC)c2)o1)[C@@H](CC)N(C=O)OC(=O)c1ccc(-n2cccc2)cc1.N.N. The molecule has 0 radical (unpaired) electrons. The molecule has 0 saturated carbocycles. The minimum Gasteiger partial charge on any atom is -0.493 e. The summed E-state index contributed by atoms with van der Waals surface area (Å²) in [5, 5.41) is 26.7. The molecule has 2 heterocycles. The summed E-state index contributed by atoms with van der Waals surface area (Å²) in [6.45, 7) is 5.30. The fraction of sp³-hybridized carbons (Fsp3) is 0.341. The largest absolute Gasteiger partial charge is 0.493 e. The van der Waals surface area contributed by atoms with Gasteiger partial charge in [-0.2, -0.15) is 5.06 Å². The molecule has 0 fully saturated rings. The van der Waals surface area contributed by atoms with Crippen LogP contribution in [-0.2, 0) is 24.0 Å². The number of benzene rings is 2. The van der Waals surface area contributed by atoms with E-state index in [-0.39, 0.29) is 60.4 Å². The third-order valence-corrected chi connectivity index (χ3v) is 9.10. The molecule has 324 valence electrons. The number of furan rings is 1. The molecule has 0 bridgehead atoms. The number of carboxylic acid groups (broad SMARTS) is 2. The van der Waals surface area contributed by atoms with Crippen molar-refractivity contribution in [2.45, 2.75) is 71.4 Å². The number of rotatable bonds is 23. The van der Waals surface area contributed by atoms with E-state index in [9.17, 15) is 38.7 Å². The molecule has 11 N–H and O–H groups in total. The van der Waals surface area contributed by atoms with Gasteiger partial charge >= 0.3 is 17.9 Å². The first-order valence-corrected chi connectivity index (χ1v) is 18.8. The number of hydrogen-bond donors (Lipinski definition) is 7. The molecule has 3 atom stereocenters. The lowest BCUT2D eigenvalue weighted by Gasteiger charge is -2.31. The van der Waals surface area contributed by atoms with Crippen LogP contribution in [-0.4, -0.2) is 87.2 Å². The fourth-order valence-corrected chi connectivity index (χ4v) is 6.14. The molecule has 0 saturated heterocycles. The highest BCUT2D eigenvalue weighted by atomic mass is 16.7. The summed E-state index contributed by atoms with van der Waals surface area (Å²) in [4.78, 5) is 92.9. The zero-order valence-electron chi connectivity index (χ0n) is 33.8. The van der Waals surface area contributed by atoms with Crippen LogP contribution in [0.5, 0.6) is 5.75 Å². The van der Waals surface area contributed by atoms with Gasteiger partial charge in [-0.3, -0.25) is 24.0 Å². The molecule has 60 heavy (non-hydrogen) atoms. The van der Waals surface area contributed by atoms with Crippen LogP contribution >= 0.6 is 0 Å². The summed E-state index contributed by atoms with van der Waals surface area (Å²) in [7, 11) is 0. The zero-order chi connectivity index (χ0) is 42.2. The lowest BCUT2D eigenvalue weighted by molar-refractivity contribution is -0.171. The van der Waals surface area contributed by atoms with Crippen molar-refractivity contribution >= 4 is 42.0 Å². The highest BCUT2D eigenvalue weighted by Crippen LogP contribution is 2.29. The molecule has 0 unspecified atom stereocenters. The number of nitrogens with one attached hydrogen (secondary N) is 3. The highest BCUT2D eigenvalue weighted by Gasteiger charge is 2.34. The molecule has 0 aliphatic heterocycles. The molecular formula is C41H53N7O12. The van der Waals surface area contributed by atoms with Crippen LogP contribution in [0.4, 0.5) is 0 Å².